The molecule has 92 valence electrons. The number of β-amino-alcohol motifs (C(OH)–C–C–N with tert-alkyl or cyclic N) is 1. The quantitative estimate of drug-likeness (QED) is 0.789. The lowest BCUT2D eigenvalue weighted by atomic mass is 10.1. The SMILES string of the molecule is Cn1ccnc1CCC(O)CNC(C)(C)C. The summed E-state index contributed by atoms with van der Waals surface area (Å²) in [5.41, 5.74) is 0.0597. The molecule has 0 amide bonds. The minimum Gasteiger partial charge on any atom is -0.392 e. The fourth-order valence-corrected chi connectivity index (χ4v) is 1.46. The molecule has 2 N–H and O–H groups in total. The van der Waals surface area contributed by atoms with Crippen LogP contribution in [0.15, 0.2) is 12.4 Å². The van der Waals surface area contributed by atoms with E-state index in [0.717, 1.165) is 18.7 Å². The largest absolute Gasteiger partial charge is 0.392 e. The van der Waals surface area contributed by atoms with Crippen LogP contribution >= 0.6 is 0 Å². The number of hydrogen-bond donors (Lipinski definition) is 2. The molecule has 0 aliphatic rings. The number of rotatable bonds is 5. The summed E-state index contributed by atoms with van der Waals surface area (Å²) in [6, 6.07) is 0. The fourth-order valence-electron chi connectivity index (χ4n) is 1.46. The standard InChI is InChI=1S/C12H23N3O/c1-12(2,3)14-9-10(16)5-6-11-13-7-8-15(11)4/h7-8,10,14,16H,5-6,9H2,1-4H3. The summed E-state index contributed by atoms with van der Waals surface area (Å²) < 4.78 is 1.99. The average molecular weight is 225 g/mol. The number of aromatic nitrogens is 2. The summed E-state index contributed by atoms with van der Waals surface area (Å²) in [6.45, 7) is 6.92. The minimum atomic E-state index is -0.309. The molecule has 0 aliphatic heterocycles. The monoisotopic (exact) mass is 225 g/mol. The second-order valence-electron chi connectivity index (χ2n) is 5.28. The van der Waals surface area contributed by atoms with Crippen molar-refractivity contribution in [2.75, 3.05) is 6.54 Å². The lowest BCUT2D eigenvalue weighted by molar-refractivity contribution is 0.151. The average Bonchev–Trinajstić information content (AvgIpc) is 2.57. The van der Waals surface area contributed by atoms with Gasteiger partial charge in [0.1, 0.15) is 5.82 Å². The number of nitrogens with zero attached hydrogens (tertiary/aromatic N) is 2. The van der Waals surface area contributed by atoms with Crippen LogP contribution in [0.4, 0.5) is 0 Å². The third-order valence-corrected chi connectivity index (χ3v) is 2.49. The molecule has 1 unspecified atom stereocenters. The molecule has 0 radical (unpaired) electrons. The van der Waals surface area contributed by atoms with Gasteiger partial charge < -0.3 is 15.0 Å². The van der Waals surface area contributed by atoms with Gasteiger partial charge >= 0.3 is 0 Å². The molecule has 1 rings (SSSR count). The molecule has 1 aromatic heterocycles. The molecule has 0 spiro atoms. The van der Waals surface area contributed by atoms with Crippen LogP contribution in [0.1, 0.15) is 33.0 Å². The Morgan fingerprint density at radius 2 is 2.19 bits per heavy atom. The van der Waals surface area contributed by atoms with Crippen molar-refractivity contribution in [3.8, 4) is 0 Å². The molecule has 0 aromatic carbocycles. The van der Waals surface area contributed by atoms with Crippen LogP contribution in [-0.2, 0) is 13.5 Å². The molecule has 4 heteroatoms. The normalized spacial score (nSPS) is 14.1. The van der Waals surface area contributed by atoms with Gasteiger partial charge in [0.2, 0.25) is 0 Å². The van der Waals surface area contributed by atoms with Crippen LogP contribution < -0.4 is 5.32 Å². The van der Waals surface area contributed by atoms with Gasteiger partial charge in [-0.1, -0.05) is 0 Å². The lowest BCUT2D eigenvalue weighted by Crippen LogP contribution is -2.41. The first-order chi connectivity index (χ1) is 7.38. The molecular weight excluding hydrogens is 202 g/mol. The van der Waals surface area contributed by atoms with E-state index < -0.39 is 0 Å². The van der Waals surface area contributed by atoms with Crippen molar-refractivity contribution in [2.45, 2.75) is 45.3 Å². The molecule has 4 nitrogen and oxygen atoms in total. The van der Waals surface area contributed by atoms with Crippen molar-refractivity contribution in [3.63, 3.8) is 0 Å². The highest BCUT2D eigenvalue weighted by atomic mass is 16.3. The second-order valence-corrected chi connectivity index (χ2v) is 5.28. The minimum absolute atomic E-state index is 0.0597. The lowest BCUT2D eigenvalue weighted by Gasteiger charge is -2.22. The molecule has 1 aromatic rings. The van der Waals surface area contributed by atoms with E-state index in [1.807, 2.05) is 17.8 Å². The number of aryl methyl sites for hydroxylation is 2. The van der Waals surface area contributed by atoms with Crippen molar-refractivity contribution < 1.29 is 5.11 Å². The van der Waals surface area contributed by atoms with Crippen LogP contribution in [0.3, 0.4) is 0 Å². The second kappa shape index (κ2) is 5.46. The Morgan fingerprint density at radius 1 is 1.50 bits per heavy atom. The van der Waals surface area contributed by atoms with Crippen molar-refractivity contribution in [1.82, 2.24) is 14.9 Å². The number of imidazole rings is 1. The maximum Gasteiger partial charge on any atom is 0.108 e. The Bertz CT molecular complexity index is 314. The van der Waals surface area contributed by atoms with E-state index in [1.54, 1.807) is 6.20 Å². The van der Waals surface area contributed by atoms with Crippen LogP contribution in [-0.4, -0.2) is 32.8 Å². The zero-order chi connectivity index (χ0) is 12.2. The maximum absolute atomic E-state index is 9.80. The van der Waals surface area contributed by atoms with Gasteiger partial charge in [0.15, 0.2) is 0 Å². The Balaban J connectivity index is 2.25. The molecule has 0 saturated heterocycles. The van der Waals surface area contributed by atoms with Gasteiger partial charge in [-0.05, 0) is 27.2 Å². The first-order valence-electron chi connectivity index (χ1n) is 5.78. The molecule has 0 fully saturated rings. The van der Waals surface area contributed by atoms with Gasteiger partial charge in [-0.15, -0.1) is 0 Å². The third-order valence-electron chi connectivity index (χ3n) is 2.49. The maximum atomic E-state index is 9.80. The van der Waals surface area contributed by atoms with E-state index in [2.05, 4.69) is 31.1 Å². The first kappa shape index (κ1) is 13.2. The van der Waals surface area contributed by atoms with E-state index in [9.17, 15) is 5.11 Å². The number of nitrogens with one attached hydrogen (secondary N) is 1. The summed E-state index contributed by atoms with van der Waals surface area (Å²) in [6.07, 6.45) is 4.96. The van der Waals surface area contributed by atoms with Crippen molar-refractivity contribution in [3.05, 3.63) is 18.2 Å². The highest BCUT2D eigenvalue weighted by Gasteiger charge is 2.12. The van der Waals surface area contributed by atoms with Gasteiger partial charge in [-0.25, -0.2) is 4.98 Å². The molecule has 0 bridgehead atoms. The van der Waals surface area contributed by atoms with Crippen LogP contribution in [0.25, 0.3) is 0 Å². The van der Waals surface area contributed by atoms with E-state index >= 15 is 0 Å². The summed E-state index contributed by atoms with van der Waals surface area (Å²) >= 11 is 0. The summed E-state index contributed by atoms with van der Waals surface area (Å²) in [4.78, 5) is 4.23. The van der Waals surface area contributed by atoms with E-state index in [-0.39, 0.29) is 11.6 Å². The predicted octanol–water partition coefficient (Wildman–Crippen LogP) is 1.10. The van der Waals surface area contributed by atoms with Crippen molar-refractivity contribution >= 4 is 0 Å². The van der Waals surface area contributed by atoms with E-state index in [1.165, 1.54) is 0 Å². The van der Waals surface area contributed by atoms with Crippen LogP contribution in [0.5, 0.6) is 0 Å². The molecule has 0 aliphatic carbocycles. The van der Waals surface area contributed by atoms with Gasteiger partial charge in [-0.3, -0.25) is 0 Å². The van der Waals surface area contributed by atoms with Gasteiger partial charge in [0.25, 0.3) is 0 Å². The molecule has 1 atom stereocenters. The highest BCUT2D eigenvalue weighted by Crippen LogP contribution is 2.04. The summed E-state index contributed by atoms with van der Waals surface area (Å²) in [5.74, 6) is 1.02. The van der Waals surface area contributed by atoms with Gasteiger partial charge in [0, 0.05) is 37.9 Å². The highest BCUT2D eigenvalue weighted by molar-refractivity contribution is 4.91. The molecule has 1 heterocycles. The fraction of sp³-hybridized carbons (Fsp3) is 0.750. The van der Waals surface area contributed by atoms with Crippen LogP contribution in [0.2, 0.25) is 0 Å². The zero-order valence-corrected chi connectivity index (χ0v) is 10.7. The van der Waals surface area contributed by atoms with Crippen molar-refractivity contribution in [2.24, 2.45) is 7.05 Å². The third kappa shape index (κ3) is 4.77. The number of hydrogen-bond acceptors (Lipinski definition) is 3. The van der Waals surface area contributed by atoms with E-state index in [4.69, 9.17) is 0 Å². The molecule has 0 saturated carbocycles. The molecular formula is C12H23N3O. The van der Waals surface area contributed by atoms with E-state index in [0.29, 0.717) is 6.54 Å². The van der Waals surface area contributed by atoms with Crippen molar-refractivity contribution in [1.29, 1.82) is 0 Å². The number of aliphatic hydroxyl groups excluding tert-OH is 1. The Morgan fingerprint density at radius 3 is 2.69 bits per heavy atom. The van der Waals surface area contributed by atoms with Crippen LogP contribution in [0, 0.1) is 0 Å². The van der Waals surface area contributed by atoms with Gasteiger partial charge in [0.05, 0.1) is 6.10 Å². The summed E-state index contributed by atoms with van der Waals surface area (Å²) in [5, 5.41) is 13.1. The zero-order valence-electron chi connectivity index (χ0n) is 10.7. The Labute approximate surface area is 97.7 Å². The topological polar surface area (TPSA) is 50.1 Å². The first-order valence-corrected chi connectivity index (χ1v) is 5.78. The predicted molar refractivity (Wildman–Crippen MR) is 65.3 cm³/mol. The molecule has 16 heavy (non-hydrogen) atoms. The number of aliphatic hydroxyl groups is 1. The summed E-state index contributed by atoms with van der Waals surface area (Å²) in [7, 11) is 1.97. The Hall–Kier alpha value is -0.870. The smallest absolute Gasteiger partial charge is 0.108 e. The van der Waals surface area contributed by atoms with Gasteiger partial charge in [-0.2, -0.15) is 0 Å². The Kier molecular flexibility index (Phi) is 4.50.